The molecule has 1 aliphatic heterocycles. The lowest BCUT2D eigenvalue weighted by atomic mass is 10.1. The van der Waals surface area contributed by atoms with Crippen molar-refractivity contribution in [2.24, 2.45) is 0 Å². The van der Waals surface area contributed by atoms with Crippen molar-refractivity contribution in [1.82, 2.24) is 0 Å². The Morgan fingerprint density at radius 1 is 1.28 bits per heavy atom. The van der Waals surface area contributed by atoms with Crippen LogP contribution in [-0.2, 0) is 20.3 Å². The molecule has 1 unspecified atom stereocenters. The van der Waals surface area contributed by atoms with Crippen LogP contribution >= 0.6 is 0 Å². The minimum Gasteiger partial charge on any atom is -0.461 e. The van der Waals surface area contributed by atoms with Gasteiger partial charge in [0, 0.05) is 11.3 Å². The van der Waals surface area contributed by atoms with Gasteiger partial charge in [0.25, 0.3) is 0 Å². The standard InChI is InChI=1S/C14H16O3S/c1-3-11-8-9-17-14(15)13(11)18(16)12-6-4-10(2)5-7-12/h4-7H,3,8-9H2,1-2H3. The number of carbonyl (C=O) groups excluding carboxylic acids is 1. The average molecular weight is 264 g/mol. The van der Waals surface area contributed by atoms with E-state index < -0.39 is 16.8 Å². The maximum Gasteiger partial charge on any atom is 0.347 e. The summed E-state index contributed by atoms with van der Waals surface area (Å²) in [6, 6.07) is 7.39. The number of cyclic esters (lactones) is 1. The summed E-state index contributed by atoms with van der Waals surface area (Å²) in [5.74, 6) is -0.433. The predicted octanol–water partition coefficient (Wildman–Crippen LogP) is 2.71. The van der Waals surface area contributed by atoms with Gasteiger partial charge in [-0.05, 0) is 31.1 Å². The Morgan fingerprint density at radius 3 is 2.56 bits per heavy atom. The molecule has 0 saturated carbocycles. The van der Waals surface area contributed by atoms with Crippen LogP contribution < -0.4 is 0 Å². The average Bonchev–Trinajstić information content (AvgIpc) is 2.38. The number of ether oxygens (including phenoxy) is 1. The van der Waals surface area contributed by atoms with Gasteiger partial charge in [0.15, 0.2) is 0 Å². The predicted molar refractivity (Wildman–Crippen MR) is 70.5 cm³/mol. The highest BCUT2D eigenvalue weighted by Gasteiger charge is 2.27. The molecule has 0 N–H and O–H groups in total. The van der Waals surface area contributed by atoms with Gasteiger partial charge in [-0.3, -0.25) is 0 Å². The van der Waals surface area contributed by atoms with Crippen LogP contribution in [0, 0.1) is 6.92 Å². The Kier molecular flexibility index (Phi) is 3.97. The number of rotatable bonds is 3. The fourth-order valence-corrected chi connectivity index (χ4v) is 3.25. The van der Waals surface area contributed by atoms with Crippen LogP contribution in [0.5, 0.6) is 0 Å². The largest absolute Gasteiger partial charge is 0.461 e. The molecule has 4 heteroatoms. The number of aryl methyl sites for hydroxylation is 1. The lowest BCUT2D eigenvalue weighted by Gasteiger charge is -2.18. The Bertz CT molecular complexity index is 514. The lowest BCUT2D eigenvalue weighted by Crippen LogP contribution is -2.20. The van der Waals surface area contributed by atoms with Crippen LogP contribution in [0.2, 0.25) is 0 Å². The second-order valence-corrected chi connectivity index (χ2v) is 5.67. The molecule has 0 spiro atoms. The molecule has 0 amide bonds. The second-order valence-electron chi connectivity index (χ2n) is 4.25. The molecule has 1 heterocycles. The van der Waals surface area contributed by atoms with Crippen molar-refractivity contribution in [3.63, 3.8) is 0 Å². The van der Waals surface area contributed by atoms with E-state index in [4.69, 9.17) is 4.74 Å². The van der Waals surface area contributed by atoms with E-state index in [0.717, 1.165) is 17.6 Å². The summed E-state index contributed by atoms with van der Waals surface area (Å²) in [4.78, 5) is 12.8. The zero-order valence-electron chi connectivity index (χ0n) is 10.6. The van der Waals surface area contributed by atoms with E-state index in [2.05, 4.69) is 0 Å². The Labute approximate surface area is 109 Å². The summed E-state index contributed by atoms with van der Waals surface area (Å²) in [5, 5.41) is 0. The van der Waals surface area contributed by atoms with Gasteiger partial charge in [0.05, 0.1) is 17.4 Å². The SMILES string of the molecule is CCC1=C(S(=O)c2ccc(C)cc2)C(=O)OCC1. The van der Waals surface area contributed by atoms with Gasteiger partial charge in [-0.15, -0.1) is 0 Å². The maximum absolute atomic E-state index is 12.4. The fourth-order valence-electron chi connectivity index (χ4n) is 1.91. The Morgan fingerprint density at radius 2 is 1.94 bits per heavy atom. The third-order valence-electron chi connectivity index (χ3n) is 2.99. The molecule has 1 atom stereocenters. The minimum atomic E-state index is -1.43. The molecule has 18 heavy (non-hydrogen) atoms. The molecule has 1 aliphatic rings. The van der Waals surface area contributed by atoms with Gasteiger partial charge in [0.1, 0.15) is 4.91 Å². The number of esters is 1. The summed E-state index contributed by atoms with van der Waals surface area (Å²) in [6.45, 7) is 4.34. The van der Waals surface area contributed by atoms with Crippen molar-refractivity contribution in [2.75, 3.05) is 6.61 Å². The van der Waals surface area contributed by atoms with E-state index in [1.54, 1.807) is 12.1 Å². The molecule has 96 valence electrons. The van der Waals surface area contributed by atoms with E-state index in [1.807, 2.05) is 26.0 Å². The number of hydrogen-bond donors (Lipinski definition) is 0. The van der Waals surface area contributed by atoms with Crippen LogP contribution in [0.1, 0.15) is 25.3 Å². The molecule has 0 radical (unpaired) electrons. The van der Waals surface area contributed by atoms with E-state index in [-0.39, 0.29) is 0 Å². The third kappa shape index (κ3) is 2.53. The van der Waals surface area contributed by atoms with Crippen LogP contribution in [0.3, 0.4) is 0 Å². The number of carbonyl (C=O) groups is 1. The van der Waals surface area contributed by atoms with Crippen molar-refractivity contribution in [3.05, 3.63) is 40.3 Å². The number of benzene rings is 1. The zero-order valence-corrected chi connectivity index (χ0v) is 11.4. The van der Waals surface area contributed by atoms with Gasteiger partial charge in [-0.1, -0.05) is 24.6 Å². The van der Waals surface area contributed by atoms with E-state index in [9.17, 15) is 9.00 Å². The van der Waals surface area contributed by atoms with E-state index >= 15 is 0 Å². The van der Waals surface area contributed by atoms with Gasteiger partial charge in [0.2, 0.25) is 0 Å². The van der Waals surface area contributed by atoms with E-state index in [0.29, 0.717) is 22.8 Å². The molecule has 3 nitrogen and oxygen atoms in total. The molecule has 1 aromatic carbocycles. The zero-order chi connectivity index (χ0) is 13.1. The molecule has 0 aromatic heterocycles. The highest BCUT2D eigenvalue weighted by Crippen LogP contribution is 2.26. The van der Waals surface area contributed by atoms with Crippen molar-refractivity contribution < 1.29 is 13.7 Å². The topological polar surface area (TPSA) is 43.4 Å². The minimum absolute atomic E-state index is 0.340. The fraction of sp³-hybridized carbons (Fsp3) is 0.357. The van der Waals surface area contributed by atoms with Crippen molar-refractivity contribution in [2.45, 2.75) is 31.6 Å². The quantitative estimate of drug-likeness (QED) is 0.788. The molecule has 0 aliphatic carbocycles. The van der Waals surface area contributed by atoms with Crippen molar-refractivity contribution in [3.8, 4) is 0 Å². The molecule has 1 aromatic rings. The summed E-state index contributed by atoms with van der Waals surface area (Å²) < 4.78 is 17.4. The molecule has 2 rings (SSSR count). The maximum atomic E-state index is 12.4. The first-order valence-corrected chi connectivity index (χ1v) is 7.16. The normalized spacial score (nSPS) is 17.6. The van der Waals surface area contributed by atoms with Crippen LogP contribution in [0.4, 0.5) is 0 Å². The molecule has 0 fully saturated rings. The van der Waals surface area contributed by atoms with E-state index in [1.165, 1.54) is 0 Å². The summed E-state index contributed by atoms with van der Waals surface area (Å²) in [7, 11) is -1.43. The first kappa shape index (κ1) is 13.0. The monoisotopic (exact) mass is 264 g/mol. The number of hydrogen-bond acceptors (Lipinski definition) is 3. The summed E-state index contributed by atoms with van der Waals surface area (Å²) in [5.41, 5.74) is 2.05. The van der Waals surface area contributed by atoms with Gasteiger partial charge < -0.3 is 4.74 Å². The second kappa shape index (κ2) is 5.48. The smallest absolute Gasteiger partial charge is 0.347 e. The molecule has 0 bridgehead atoms. The van der Waals surface area contributed by atoms with Crippen LogP contribution in [-0.4, -0.2) is 16.8 Å². The Hall–Kier alpha value is -1.42. The highest BCUT2D eigenvalue weighted by molar-refractivity contribution is 7.90. The van der Waals surface area contributed by atoms with Gasteiger partial charge in [-0.2, -0.15) is 0 Å². The molecular weight excluding hydrogens is 248 g/mol. The van der Waals surface area contributed by atoms with Crippen molar-refractivity contribution >= 4 is 16.8 Å². The lowest BCUT2D eigenvalue weighted by molar-refractivity contribution is -0.139. The Balaban J connectivity index is 2.40. The summed E-state index contributed by atoms with van der Waals surface area (Å²) >= 11 is 0. The molecular formula is C14H16O3S. The molecule has 0 saturated heterocycles. The van der Waals surface area contributed by atoms with Crippen molar-refractivity contribution in [1.29, 1.82) is 0 Å². The first-order chi connectivity index (χ1) is 8.63. The third-order valence-corrected chi connectivity index (χ3v) is 4.52. The highest BCUT2D eigenvalue weighted by atomic mass is 32.2. The summed E-state index contributed by atoms with van der Waals surface area (Å²) in [6.07, 6.45) is 1.43. The van der Waals surface area contributed by atoms with Crippen LogP contribution in [0.25, 0.3) is 0 Å². The van der Waals surface area contributed by atoms with Gasteiger partial charge in [-0.25, -0.2) is 9.00 Å². The van der Waals surface area contributed by atoms with Crippen LogP contribution in [0.15, 0.2) is 39.6 Å². The first-order valence-electron chi connectivity index (χ1n) is 6.01. The van der Waals surface area contributed by atoms with Gasteiger partial charge >= 0.3 is 5.97 Å².